The second kappa shape index (κ2) is 7.62. The highest BCUT2D eigenvalue weighted by Crippen LogP contribution is 2.14. The molecule has 3 N–H and O–H groups in total. The van der Waals surface area contributed by atoms with E-state index < -0.39 is 6.10 Å². The van der Waals surface area contributed by atoms with Crippen LogP contribution in [0.1, 0.15) is 6.92 Å². The van der Waals surface area contributed by atoms with Gasteiger partial charge in [-0.05, 0) is 26.1 Å². The van der Waals surface area contributed by atoms with E-state index in [-0.39, 0.29) is 12.5 Å². The average molecular weight is 263 g/mol. The van der Waals surface area contributed by atoms with E-state index in [9.17, 15) is 5.11 Å². The minimum absolute atomic E-state index is 0.0490. The molecule has 0 aromatic heterocycles. The highest BCUT2D eigenvalue weighted by Gasteiger charge is 2.11. The number of nitrogen functional groups attached to an aromatic ring is 1. The predicted molar refractivity (Wildman–Crippen MR) is 74.6 cm³/mol. The first kappa shape index (κ1) is 15.3. The van der Waals surface area contributed by atoms with Crippen molar-refractivity contribution < 1.29 is 9.84 Å². The second-order valence-corrected chi connectivity index (χ2v) is 4.79. The van der Waals surface area contributed by atoms with Crippen molar-refractivity contribution in [3.63, 3.8) is 0 Å². The number of hydrogen-bond acceptors (Lipinski definition) is 5. The molecule has 1 rings (SSSR count). The standard InChI is InChI=1S/C14H21N3O2/c1-11(7-15)8-17(2)9-13(18)10-19-14-5-3-4-12(16)6-14/h3-6,11,13,18H,8-10,16H2,1-2H3. The highest BCUT2D eigenvalue weighted by molar-refractivity contribution is 5.43. The fourth-order valence-electron chi connectivity index (χ4n) is 1.79. The lowest BCUT2D eigenvalue weighted by Gasteiger charge is -2.21. The van der Waals surface area contributed by atoms with Crippen LogP contribution in [0.25, 0.3) is 0 Å². The maximum Gasteiger partial charge on any atom is 0.121 e. The molecule has 0 amide bonds. The topological polar surface area (TPSA) is 82.5 Å². The summed E-state index contributed by atoms with van der Waals surface area (Å²) in [6.45, 7) is 3.15. The van der Waals surface area contributed by atoms with E-state index in [0.29, 0.717) is 24.5 Å². The van der Waals surface area contributed by atoms with Gasteiger partial charge >= 0.3 is 0 Å². The number of nitriles is 1. The average Bonchev–Trinajstić information content (AvgIpc) is 2.36. The molecule has 0 radical (unpaired) electrons. The lowest BCUT2D eigenvalue weighted by Crippen LogP contribution is -2.35. The molecule has 104 valence electrons. The molecule has 0 saturated carbocycles. The number of ether oxygens (including phenoxy) is 1. The quantitative estimate of drug-likeness (QED) is 0.720. The van der Waals surface area contributed by atoms with E-state index >= 15 is 0 Å². The van der Waals surface area contributed by atoms with Crippen LogP contribution in [0.15, 0.2) is 24.3 Å². The van der Waals surface area contributed by atoms with E-state index in [1.165, 1.54) is 0 Å². The first-order chi connectivity index (χ1) is 9.01. The molecule has 1 aromatic rings. The highest BCUT2D eigenvalue weighted by atomic mass is 16.5. The van der Waals surface area contributed by atoms with Crippen LogP contribution in [0, 0.1) is 17.2 Å². The van der Waals surface area contributed by atoms with Crippen LogP contribution in [0.4, 0.5) is 5.69 Å². The van der Waals surface area contributed by atoms with Crippen LogP contribution in [-0.2, 0) is 0 Å². The Morgan fingerprint density at radius 1 is 1.47 bits per heavy atom. The summed E-state index contributed by atoms with van der Waals surface area (Å²) in [6.07, 6.45) is -0.600. The maximum absolute atomic E-state index is 9.85. The smallest absolute Gasteiger partial charge is 0.121 e. The summed E-state index contributed by atoms with van der Waals surface area (Å²) in [6, 6.07) is 9.26. The number of rotatable bonds is 7. The SMILES string of the molecule is CC(C#N)CN(C)CC(O)COc1cccc(N)c1. The Balaban J connectivity index is 2.31. The normalized spacial score (nSPS) is 13.8. The molecular formula is C14H21N3O2. The Bertz CT molecular complexity index is 431. The van der Waals surface area contributed by atoms with Gasteiger partial charge in [0.2, 0.25) is 0 Å². The minimum Gasteiger partial charge on any atom is -0.491 e. The minimum atomic E-state index is -0.600. The third-order valence-corrected chi connectivity index (χ3v) is 2.63. The van der Waals surface area contributed by atoms with Crippen LogP contribution < -0.4 is 10.5 Å². The molecule has 0 saturated heterocycles. The molecule has 0 fully saturated rings. The van der Waals surface area contributed by atoms with E-state index in [1.807, 2.05) is 18.9 Å². The maximum atomic E-state index is 9.85. The van der Waals surface area contributed by atoms with Gasteiger partial charge in [-0.25, -0.2) is 0 Å². The van der Waals surface area contributed by atoms with Gasteiger partial charge in [0.15, 0.2) is 0 Å². The second-order valence-electron chi connectivity index (χ2n) is 4.79. The largest absolute Gasteiger partial charge is 0.491 e. The monoisotopic (exact) mass is 263 g/mol. The zero-order valence-corrected chi connectivity index (χ0v) is 11.4. The summed E-state index contributed by atoms with van der Waals surface area (Å²) in [5, 5.41) is 18.6. The number of hydrogen-bond donors (Lipinski definition) is 2. The Labute approximate surface area is 114 Å². The number of aliphatic hydroxyl groups is 1. The lowest BCUT2D eigenvalue weighted by atomic mass is 10.2. The molecule has 1 aromatic carbocycles. The van der Waals surface area contributed by atoms with Gasteiger partial charge < -0.3 is 20.5 Å². The van der Waals surface area contributed by atoms with Gasteiger partial charge in [-0.2, -0.15) is 5.26 Å². The fraction of sp³-hybridized carbons (Fsp3) is 0.500. The Kier molecular flexibility index (Phi) is 6.13. The number of benzene rings is 1. The fourth-order valence-corrected chi connectivity index (χ4v) is 1.79. The molecule has 0 heterocycles. The summed E-state index contributed by atoms with van der Waals surface area (Å²) in [5.74, 6) is 0.596. The molecule has 0 aliphatic rings. The van der Waals surface area contributed by atoms with Crippen molar-refractivity contribution in [3.8, 4) is 11.8 Å². The molecule has 5 heteroatoms. The third-order valence-electron chi connectivity index (χ3n) is 2.63. The van der Waals surface area contributed by atoms with E-state index in [0.717, 1.165) is 0 Å². The zero-order chi connectivity index (χ0) is 14.3. The van der Waals surface area contributed by atoms with Gasteiger partial charge in [0, 0.05) is 24.8 Å². The van der Waals surface area contributed by atoms with Crippen molar-refractivity contribution in [1.29, 1.82) is 5.26 Å². The van der Waals surface area contributed by atoms with Gasteiger partial charge in [-0.15, -0.1) is 0 Å². The van der Waals surface area contributed by atoms with Gasteiger partial charge in [-0.3, -0.25) is 0 Å². The molecule has 0 spiro atoms. The summed E-state index contributed by atoms with van der Waals surface area (Å²) >= 11 is 0. The Hall–Kier alpha value is -1.77. The van der Waals surface area contributed by atoms with Crippen LogP contribution in [0.5, 0.6) is 5.75 Å². The molecule has 2 unspecified atom stereocenters. The van der Waals surface area contributed by atoms with Crippen LogP contribution in [-0.4, -0.2) is 42.9 Å². The molecule has 5 nitrogen and oxygen atoms in total. The number of nitrogens with zero attached hydrogens (tertiary/aromatic N) is 2. The lowest BCUT2D eigenvalue weighted by molar-refractivity contribution is 0.0744. The number of nitrogens with two attached hydrogens (primary N) is 1. The molecule has 2 atom stereocenters. The van der Waals surface area contributed by atoms with Gasteiger partial charge in [-0.1, -0.05) is 6.07 Å². The van der Waals surface area contributed by atoms with Gasteiger partial charge in [0.05, 0.1) is 12.0 Å². The van der Waals surface area contributed by atoms with Crippen molar-refractivity contribution >= 4 is 5.69 Å². The van der Waals surface area contributed by atoms with E-state index in [2.05, 4.69) is 6.07 Å². The number of aliphatic hydroxyl groups excluding tert-OH is 1. The molecule has 0 aliphatic heterocycles. The van der Waals surface area contributed by atoms with E-state index in [4.69, 9.17) is 15.7 Å². The molecule has 19 heavy (non-hydrogen) atoms. The number of likely N-dealkylation sites (N-methyl/N-ethyl adjacent to an activating group) is 1. The third kappa shape index (κ3) is 6.09. The predicted octanol–water partition coefficient (Wildman–Crippen LogP) is 1.10. The van der Waals surface area contributed by atoms with Crippen molar-refractivity contribution in [2.24, 2.45) is 5.92 Å². The van der Waals surface area contributed by atoms with Gasteiger partial charge in [0.25, 0.3) is 0 Å². The Morgan fingerprint density at radius 3 is 2.84 bits per heavy atom. The number of anilines is 1. The van der Waals surface area contributed by atoms with Gasteiger partial charge in [0.1, 0.15) is 18.5 Å². The van der Waals surface area contributed by atoms with Crippen molar-refractivity contribution in [2.75, 3.05) is 32.5 Å². The molecular weight excluding hydrogens is 242 g/mol. The summed E-state index contributed by atoms with van der Waals surface area (Å²) in [7, 11) is 1.87. The van der Waals surface area contributed by atoms with Crippen molar-refractivity contribution in [2.45, 2.75) is 13.0 Å². The first-order valence-corrected chi connectivity index (χ1v) is 6.26. The summed E-state index contributed by atoms with van der Waals surface area (Å²) < 4.78 is 5.46. The first-order valence-electron chi connectivity index (χ1n) is 6.26. The zero-order valence-electron chi connectivity index (χ0n) is 11.4. The van der Waals surface area contributed by atoms with Crippen LogP contribution >= 0.6 is 0 Å². The Morgan fingerprint density at radius 2 is 2.21 bits per heavy atom. The van der Waals surface area contributed by atoms with Crippen LogP contribution in [0.2, 0.25) is 0 Å². The molecule has 0 aliphatic carbocycles. The van der Waals surface area contributed by atoms with E-state index in [1.54, 1.807) is 24.3 Å². The molecule has 0 bridgehead atoms. The van der Waals surface area contributed by atoms with Crippen LogP contribution in [0.3, 0.4) is 0 Å². The summed E-state index contributed by atoms with van der Waals surface area (Å²) in [5.41, 5.74) is 6.27. The summed E-state index contributed by atoms with van der Waals surface area (Å²) in [4.78, 5) is 1.92. The van der Waals surface area contributed by atoms with Crippen molar-refractivity contribution in [1.82, 2.24) is 4.90 Å². The van der Waals surface area contributed by atoms with Crippen molar-refractivity contribution in [3.05, 3.63) is 24.3 Å².